The lowest BCUT2D eigenvalue weighted by Crippen LogP contribution is -2.43. The highest BCUT2D eigenvalue weighted by Crippen LogP contribution is 2.41. The fourth-order valence-corrected chi connectivity index (χ4v) is 2.49. The maximum atomic E-state index is 11.3. The van der Waals surface area contributed by atoms with E-state index in [0.29, 0.717) is 6.54 Å². The summed E-state index contributed by atoms with van der Waals surface area (Å²) in [5.41, 5.74) is 0.332. The van der Waals surface area contributed by atoms with Gasteiger partial charge in [-0.15, -0.1) is 0 Å². The van der Waals surface area contributed by atoms with Crippen LogP contribution in [0, 0.1) is 5.41 Å². The Balaban J connectivity index is 1.76. The van der Waals surface area contributed by atoms with E-state index in [9.17, 15) is 9.90 Å². The van der Waals surface area contributed by atoms with E-state index in [1.54, 1.807) is 0 Å². The number of benzene rings is 1. The second-order valence-electron chi connectivity index (χ2n) is 5.18. The summed E-state index contributed by atoms with van der Waals surface area (Å²) in [6, 6.07) is 11.8. The van der Waals surface area contributed by atoms with Gasteiger partial charge in [0.15, 0.2) is 0 Å². The molecule has 19 heavy (non-hydrogen) atoms. The molecule has 1 aliphatic carbocycles. The van der Waals surface area contributed by atoms with Crippen LogP contribution in [0.15, 0.2) is 36.4 Å². The van der Waals surface area contributed by atoms with Gasteiger partial charge in [0.25, 0.3) is 0 Å². The minimum absolute atomic E-state index is 0.452. The molecule has 3 rings (SSSR count). The van der Waals surface area contributed by atoms with Crippen molar-refractivity contribution in [1.82, 2.24) is 4.98 Å². The highest BCUT2D eigenvalue weighted by atomic mass is 16.4. The molecule has 0 saturated heterocycles. The van der Waals surface area contributed by atoms with Gasteiger partial charge in [-0.25, -0.2) is 4.98 Å². The molecule has 0 atom stereocenters. The fraction of sp³-hybridized carbons (Fsp3) is 0.333. The molecule has 0 amide bonds. The molecule has 1 heterocycles. The lowest BCUT2D eigenvalue weighted by Gasteiger charge is -2.37. The number of fused-ring (bicyclic) bond motifs is 1. The van der Waals surface area contributed by atoms with Crippen molar-refractivity contribution in [2.45, 2.75) is 19.3 Å². The number of carbonyl (C=O) groups is 1. The first-order chi connectivity index (χ1) is 9.20. The Morgan fingerprint density at radius 2 is 2.05 bits per heavy atom. The van der Waals surface area contributed by atoms with Crippen LogP contribution >= 0.6 is 0 Å². The quantitative estimate of drug-likeness (QED) is 0.883. The first-order valence-electron chi connectivity index (χ1n) is 6.53. The van der Waals surface area contributed by atoms with E-state index < -0.39 is 11.4 Å². The van der Waals surface area contributed by atoms with Crippen molar-refractivity contribution in [1.29, 1.82) is 0 Å². The second kappa shape index (κ2) is 4.53. The molecule has 0 radical (unpaired) electrons. The van der Waals surface area contributed by atoms with Crippen molar-refractivity contribution < 1.29 is 9.90 Å². The number of hydrogen-bond donors (Lipinski definition) is 2. The molecular formula is C15H16N2O2. The predicted molar refractivity (Wildman–Crippen MR) is 74.2 cm³/mol. The minimum atomic E-state index is -0.702. The maximum Gasteiger partial charge on any atom is 0.311 e. The zero-order valence-electron chi connectivity index (χ0n) is 10.6. The van der Waals surface area contributed by atoms with E-state index in [0.717, 1.165) is 36.0 Å². The first-order valence-corrected chi connectivity index (χ1v) is 6.53. The van der Waals surface area contributed by atoms with Crippen LogP contribution in [0.5, 0.6) is 0 Å². The first kappa shape index (κ1) is 12.0. The maximum absolute atomic E-state index is 11.3. The molecule has 4 heteroatoms. The molecule has 98 valence electrons. The van der Waals surface area contributed by atoms with Gasteiger partial charge in [-0.3, -0.25) is 4.79 Å². The third-order valence-electron chi connectivity index (χ3n) is 3.97. The second-order valence-corrected chi connectivity index (χ2v) is 5.18. The minimum Gasteiger partial charge on any atom is -0.481 e. The van der Waals surface area contributed by atoms with Crippen LogP contribution in [0.3, 0.4) is 0 Å². The van der Waals surface area contributed by atoms with E-state index in [2.05, 4.69) is 10.3 Å². The van der Waals surface area contributed by atoms with Crippen LogP contribution < -0.4 is 5.32 Å². The smallest absolute Gasteiger partial charge is 0.311 e. The van der Waals surface area contributed by atoms with Crippen molar-refractivity contribution in [2.75, 3.05) is 11.9 Å². The molecule has 0 bridgehead atoms. The lowest BCUT2D eigenvalue weighted by molar-refractivity contribution is -0.153. The molecule has 1 aromatic heterocycles. The third-order valence-corrected chi connectivity index (χ3v) is 3.97. The Labute approximate surface area is 111 Å². The van der Waals surface area contributed by atoms with Gasteiger partial charge in [-0.2, -0.15) is 0 Å². The SMILES string of the molecule is O=C(O)C1(CNc2ccc3ccccc3n2)CCC1. The van der Waals surface area contributed by atoms with Crippen molar-refractivity contribution in [3.63, 3.8) is 0 Å². The van der Waals surface area contributed by atoms with Crippen LogP contribution in [0.1, 0.15) is 19.3 Å². The van der Waals surface area contributed by atoms with E-state index in [-0.39, 0.29) is 0 Å². The Kier molecular flexibility index (Phi) is 2.85. The number of hydrogen-bond acceptors (Lipinski definition) is 3. The summed E-state index contributed by atoms with van der Waals surface area (Å²) >= 11 is 0. The molecule has 2 aromatic rings. The summed E-state index contributed by atoms with van der Waals surface area (Å²) in [5.74, 6) is 0.0401. The summed E-state index contributed by atoms with van der Waals surface area (Å²) in [7, 11) is 0. The fourth-order valence-electron chi connectivity index (χ4n) is 2.49. The van der Waals surface area contributed by atoms with Crippen LogP contribution in [0.2, 0.25) is 0 Å². The monoisotopic (exact) mass is 256 g/mol. The van der Waals surface area contributed by atoms with Gasteiger partial charge in [-0.05, 0) is 31.0 Å². The zero-order valence-corrected chi connectivity index (χ0v) is 10.6. The number of carboxylic acid groups (broad SMARTS) is 1. The van der Waals surface area contributed by atoms with E-state index in [1.165, 1.54) is 0 Å². The number of pyridine rings is 1. The van der Waals surface area contributed by atoms with Crippen molar-refractivity contribution in [3.8, 4) is 0 Å². The molecular weight excluding hydrogens is 240 g/mol. The third kappa shape index (κ3) is 2.14. The Hall–Kier alpha value is -2.10. The number of rotatable bonds is 4. The molecule has 1 fully saturated rings. The van der Waals surface area contributed by atoms with Gasteiger partial charge in [0.1, 0.15) is 5.82 Å². The number of para-hydroxylation sites is 1. The largest absolute Gasteiger partial charge is 0.481 e. The summed E-state index contributed by atoms with van der Waals surface area (Å²) in [6.07, 6.45) is 2.50. The summed E-state index contributed by atoms with van der Waals surface area (Å²) < 4.78 is 0. The number of carboxylic acids is 1. The predicted octanol–water partition coefficient (Wildman–Crippen LogP) is 2.90. The van der Waals surface area contributed by atoms with Gasteiger partial charge in [0.2, 0.25) is 0 Å². The van der Waals surface area contributed by atoms with Gasteiger partial charge < -0.3 is 10.4 Å². The molecule has 0 aliphatic heterocycles. The summed E-state index contributed by atoms with van der Waals surface area (Å²) in [5, 5.41) is 13.5. The average Bonchev–Trinajstić information content (AvgIpc) is 2.37. The number of aliphatic carboxylic acids is 1. The van der Waals surface area contributed by atoms with Crippen LogP contribution in [0.25, 0.3) is 10.9 Å². The van der Waals surface area contributed by atoms with E-state index >= 15 is 0 Å². The van der Waals surface area contributed by atoms with Crippen molar-refractivity contribution in [3.05, 3.63) is 36.4 Å². The molecule has 0 unspecified atom stereocenters. The standard InChI is InChI=1S/C15H16N2O2/c18-14(19)15(8-3-9-15)10-16-13-7-6-11-4-1-2-5-12(11)17-13/h1-2,4-7H,3,8-10H2,(H,16,17)(H,18,19). The Morgan fingerprint density at radius 1 is 1.26 bits per heavy atom. The van der Waals surface area contributed by atoms with Gasteiger partial charge in [0.05, 0.1) is 10.9 Å². The molecule has 2 N–H and O–H groups in total. The molecule has 1 aliphatic rings. The number of aromatic nitrogens is 1. The summed E-state index contributed by atoms with van der Waals surface area (Å²) in [4.78, 5) is 15.8. The van der Waals surface area contributed by atoms with Crippen LogP contribution in [0.4, 0.5) is 5.82 Å². The number of nitrogens with one attached hydrogen (secondary N) is 1. The highest BCUT2D eigenvalue weighted by Gasteiger charge is 2.44. The zero-order chi connectivity index (χ0) is 13.3. The summed E-state index contributed by atoms with van der Waals surface area (Å²) in [6.45, 7) is 0.452. The van der Waals surface area contributed by atoms with E-state index in [1.807, 2.05) is 36.4 Å². The normalized spacial score (nSPS) is 16.8. The number of anilines is 1. The van der Waals surface area contributed by atoms with Crippen LogP contribution in [-0.2, 0) is 4.79 Å². The molecule has 1 saturated carbocycles. The highest BCUT2D eigenvalue weighted by molar-refractivity contribution is 5.80. The Bertz CT molecular complexity index is 620. The number of nitrogens with zero attached hydrogens (tertiary/aromatic N) is 1. The van der Waals surface area contributed by atoms with Crippen LogP contribution in [-0.4, -0.2) is 22.6 Å². The van der Waals surface area contributed by atoms with Crippen molar-refractivity contribution in [2.24, 2.45) is 5.41 Å². The topological polar surface area (TPSA) is 62.2 Å². The van der Waals surface area contributed by atoms with E-state index in [4.69, 9.17) is 0 Å². The van der Waals surface area contributed by atoms with Gasteiger partial charge >= 0.3 is 5.97 Å². The lowest BCUT2D eigenvalue weighted by atomic mass is 9.69. The molecule has 0 spiro atoms. The average molecular weight is 256 g/mol. The molecule has 1 aromatic carbocycles. The van der Waals surface area contributed by atoms with Gasteiger partial charge in [-0.1, -0.05) is 24.6 Å². The Morgan fingerprint density at radius 3 is 2.74 bits per heavy atom. The molecule has 4 nitrogen and oxygen atoms in total. The van der Waals surface area contributed by atoms with Crippen molar-refractivity contribution >= 4 is 22.7 Å². The van der Waals surface area contributed by atoms with Gasteiger partial charge in [0, 0.05) is 11.9 Å².